The number of anilines is 2. The first-order valence-electron chi connectivity index (χ1n) is 14.5. The van der Waals surface area contributed by atoms with Crippen molar-refractivity contribution in [2.75, 3.05) is 30.0 Å². The van der Waals surface area contributed by atoms with Gasteiger partial charge in [0.25, 0.3) is 0 Å². The summed E-state index contributed by atoms with van der Waals surface area (Å²) in [7, 11) is 0. The molecule has 1 amide bonds. The van der Waals surface area contributed by atoms with E-state index in [0.29, 0.717) is 40.7 Å². The van der Waals surface area contributed by atoms with E-state index in [2.05, 4.69) is 40.5 Å². The molecule has 1 aromatic carbocycles. The highest BCUT2D eigenvalue weighted by molar-refractivity contribution is 6.13. The van der Waals surface area contributed by atoms with Crippen LogP contribution in [0.2, 0.25) is 0 Å². The first-order valence-corrected chi connectivity index (χ1v) is 14.5. The van der Waals surface area contributed by atoms with Crippen molar-refractivity contribution >= 4 is 34.2 Å². The number of hydrogen-bond donors (Lipinski definition) is 3. The van der Waals surface area contributed by atoms with Crippen LogP contribution >= 0.6 is 0 Å². The number of aromatic nitrogens is 5. The van der Waals surface area contributed by atoms with E-state index in [1.165, 1.54) is 12.6 Å². The third-order valence-electron chi connectivity index (χ3n) is 7.80. The maximum Gasteiger partial charge on any atom is 0.228 e. The summed E-state index contributed by atoms with van der Waals surface area (Å²) in [5.74, 6) is -0.227. The van der Waals surface area contributed by atoms with Gasteiger partial charge in [0.2, 0.25) is 5.91 Å². The number of amides is 1. The maximum absolute atomic E-state index is 16.5. The molecule has 3 N–H and O–H groups in total. The number of aliphatic imine (C=N–C) groups is 1. The normalized spacial score (nSPS) is 15.1. The van der Waals surface area contributed by atoms with Gasteiger partial charge in [-0.05, 0) is 37.0 Å². The molecule has 6 heterocycles. The van der Waals surface area contributed by atoms with Gasteiger partial charge in [-0.1, -0.05) is 30.3 Å². The molecule has 4 aromatic heterocycles. The number of rotatable bonds is 6. The number of carbonyl (C=O) groups is 1. The van der Waals surface area contributed by atoms with E-state index < -0.39 is 5.82 Å². The van der Waals surface area contributed by atoms with E-state index in [1.807, 2.05) is 36.4 Å². The molecule has 0 radical (unpaired) electrons. The minimum Gasteiger partial charge on any atom is -0.370 e. The molecule has 0 aliphatic carbocycles. The highest BCUT2D eigenvalue weighted by atomic mass is 19.1. The van der Waals surface area contributed by atoms with Gasteiger partial charge < -0.3 is 15.2 Å². The third-order valence-corrected chi connectivity index (χ3v) is 7.80. The highest BCUT2D eigenvalue weighted by Gasteiger charge is 2.27. The lowest BCUT2D eigenvalue weighted by Gasteiger charge is -2.28. The number of nitrogens with one attached hydrogen (secondary N) is 3. The number of nitrogens with zero attached hydrogens (tertiary/aromatic N) is 6. The molecule has 11 heteroatoms. The molecule has 7 rings (SSSR count). The van der Waals surface area contributed by atoms with Gasteiger partial charge in [0, 0.05) is 49.4 Å². The molecule has 0 saturated carbocycles. The Labute approximate surface area is 247 Å². The molecule has 1 saturated heterocycles. The van der Waals surface area contributed by atoms with Crippen molar-refractivity contribution in [3.63, 3.8) is 0 Å². The summed E-state index contributed by atoms with van der Waals surface area (Å²) < 4.78 is 16.5. The fourth-order valence-corrected chi connectivity index (χ4v) is 5.73. The van der Waals surface area contributed by atoms with Crippen LogP contribution in [0.15, 0.2) is 72.2 Å². The number of pyridine rings is 3. The van der Waals surface area contributed by atoms with Crippen molar-refractivity contribution in [2.24, 2.45) is 4.99 Å². The number of H-pyrrole nitrogens is 1. The van der Waals surface area contributed by atoms with E-state index in [1.54, 1.807) is 24.7 Å². The summed E-state index contributed by atoms with van der Waals surface area (Å²) in [6.07, 6.45) is 10.1. The Balaban J connectivity index is 1.23. The second kappa shape index (κ2) is 11.7. The van der Waals surface area contributed by atoms with Gasteiger partial charge in [0.05, 0.1) is 41.9 Å². The first-order chi connectivity index (χ1) is 21.1. The van der Waals surface area contributed by atoms with Gasteiger partial charge in [-0.3, -0.25) is 25.1 Å². The van der Waals surface area contributed by atoms with E-state index in [4.69, 9.17) is 4.98 Å². The van der Waals surface area contributed by atoms with Crippen molar-refractivity contribution in [1.29, 1.82) is 0 Å². The lowest BCUT2D eigenvalue weighted by atomic mass is 10.0. The SMILES string of the molecule is O=C(Cc1ccccc1)Nc1cncc(-c2cnc3c(c2F)C(c2nc4nccc(N5CCCCC5)c4[nH]2)=NCNC3)c1. The Hall–Kier alpha value is -5.03. The fourth-order valence-electron chi connectivity index (χ4n) is 5.73. The zero-order valence-electron chi connectivity index (χ0n) is 23.5. The molecule has 0 bridgehead atoms. The van der Waals surface area contributed by atoms with Crippen molar-refractivity contribution in [2.45, 2.75) is 32.2 Å². The van der Waals surface area contributed by atoms with Gasteiger partial charge in [-0.15, -0.1) is 0 Å². The molecule has 2 aliphatic heterocycles. The Morgan fingerprint density at radius 2 is 1.88 bits per heavy atom. The van der Waals surface area contributed by atoms with Crippen LogP contribution in [0.5, 0.6) is 0 Å². The van der Waals surface area contributed by atoms with Gasteiger partial charge >= 0.3 is 0 Å². The van der Waals surface area contributed by atoms with Crippen molar-refractivity contribution in [3.05, 3.63) is 95.7 Å². The van der Waals surface area contributed by atoms with E-state index in [0.717, 1.165) is 42.7 Å². The Kier molecular flexibility index (Phi) is 7.30. The molecule has 1 fully saturated rings. The Morgan fingerprint density at radius 3 is 2.74 bits per heavy atom. The fraction of sp³-hybridized carbons (Fsp3) is 0.250. The average Bonchev–Trinajstić information content (AvgIpc) is 3.35. The minimum atomic E-state index is -0.480. The largest absolute Gasteiger partial charge is 0.370 e. The predicted octanol–water partition coefficient (Wildman–Crippen LogP) is 4.62. The summed E-state index contributed by atoms with van der Waals surface area (Å²) in [5, 5.41) is 6.07. The summed E-state index contributed by atoms with van der Waals surface area (Å²) >= 11 is 0. The molecule has 10 nitrogen and oxygen atoms in total. The molecule has 216 valence electrons. The average molecular weight is 576 g/mol. The number of fused-ring (bicyclic) bond motifs is 2. The second-order valence-electron chi connectivity index (χ2n) is 10.7. The van der Waals surface area contributed by atoms with Gasteiger partial charge in [0.1, 0.15) is 17.0 Å². The first kappa shape index (κ1) is 26.8. The number of hydrogen-bond acceptors (Lipinski definition) is 8. The van der Waals surface area contributed by atoms with Gasteiger partial charge in [0.15, 0.2) is 11.5 Å². The van der Waals surface area contributed by atoms with Gasteiger partial charge in [-0.25, -0.2) is 14.4 Å². The minimum absolute atomic E-state index is 0.186. The number of imidazole rings is 1. The number of benzene rings is 1. The van der Waals surface area contributed by atoms with Crippen LogP contribution < -0.4 is 15.5 Å². The molecule has 0 unspecified atom stereocenters. The quantitative estimate of drug-likeness (QED) is 0.270. The molecular weight excluding hydrogens is 545 g/mol. The van der Waals surface area contributed by atoms with Crippen molar-refractivity contribution in [3.8, 4) is 11.1 Å². The van der Waals surface area contributed by atoms with Crippen LogP contribution in [0.4, 0.5) is 15.8 Å². The standard InChI is InChI=1S/C32H30FN9O/c33-28-23(21-14-22(16-34-15-21)39-26(43)13-20-7-3-1-4-8-20)17-37-24-18-35-19-38-30(27(24)28)32-40-29-25(9-10-36-31(29)41-32)42-11-5-2-6-12-42/h1,3-4,7-10,14-17,35H,2,5-6,11-13,18-19H2,(H,39,43)(H,36,40,41). The molecule has 2 aliphatic rings. The molecule has 0 atom stereocenters. The number of piperidine rings is 1. The third kappa shape index (κ3) is 5.46. The van der Waals surface area contributed by atoms with Crippen LogP contribution in [-0.2, 0) is 17.8 Å². The Bertz CT molecular complexity index is 1830. The van der Waals surface area contributed by atoms with Crippen molar-refractivity contribution < 1.29 is 9.18 Å². The molecule has 43 heavy (non-hydrogen) atoms. The molecule has 0 spiro atoms. The van der Waals surface area contributed by atoms with Crippen LogP contribution in [0.1, 0.15) is 41.9 Å². The zero-order valence-corrected chi connectivity index (χ0v) is 23.5. The van der Waals surface area contributed by atoms with E-state index in [9.17, 15) is 4.79 Å². The maximum atomic E-state index is 16.5. The molecule has 5 aromatic rings. The topological polar surface area (TPSA) is 124 Å². The Morgan fingerprint density at radius 1 is 1.02 bits per heavy atom. The summed E-state index contributed by atoms with van der Waals surface area (Å²) in [6.45, 7) is 2.59. The monoisotopic (exact) mass is 575 g/mol. The smallest absolute Gasteiger partial charge is 0.228 e. The number of carbonyl (C=O) groups excluding carboxylic acids is 1. The summed E-state index contributed by atoms with van der Waals surface area (Å²) in [4.78, 5) is 41.2. The summed E-state index contributed by atoms with van der Waals surface area (Å²) in [5.41, 5.74) is 5.72. The van der Waals surface area contributed by atoms with Gasteiger partial charge in [-0.2, -0.15) is 0 Å². The lowest BCUT2D eigenvalue weighted by Crippen LogP contribution is -2.29. The van der Waals surface area contributed by atoms with E-state index in [-0.39, 0.29) is 30.1 Å². The van der Waals surface area contributed by atoms with Crippen LogP contribution in [0.25, 0.3) is 22.3 Å². The number of halogens is 1. The number of aromatic amines is 1. The van der Waals surface area contributed by atoms with Crippen molar-refractivity contribution in [1.82, 2.24) is 30.2 Å². The summed E-state index contributed by atoms with van der Waals surface area (Å²) in [6, 6.07) is 13.2. The zero-order chi connectivity index (χ0) is 29.2. The highest BCUT2D eigenvalue weighted by Crippen LogP contribution is 2.31. The van der Waals surface area contributed by atoms with E-state index >= 15 is 4.39 Å². The predicted molar refractivity (Wildman–Crippen MR) is 164 cm³/mol. The second-order valence-corrected chi connectivity index (χ2v) is 10.7. The molecular formula is C32H30FN9O. The van der Waals surface area contributed by atoms with Crippen LogP contribution in [0.3, 0.4) is 0 Å². The van der Waals surface area contributed by atoms with Crippen LogP contribution in [0, 0.1) is 5.82 Å². The van der Waals surface area contributed by atoms with Crippen LogP contribution in [-0.4, -0.2) is 56.3 Å². The lowest BCUT2D eigenvalue weighted by molar-refractivity contribution is -0.115.